The summed E-state index contributed by atoms with van der Waals surface area (Å²) >= 11 is 0. The Labute approximate surface area is 127 Å². The number of aliphatic imine (C=N–C) groups is 1. The van der Waals surface area contributed by atoms with Gasteiger partial charge < -0.3 is 15.4 Å². The molecule has 2 aliphatic rings. The van der Waals surface area contributed by atoms with E-state index in [1.54, 1.807) is 6.07 Å². The molecular weight excluding hydrogens is 290 g/mol. The largest absolute Gasteiger partial charge is 0.433 e. The Morgan fingerprint density at radius 1 is 1.27 bits per heavy atom. The van der Waals surface area contributed by atoms with E-state index in [9.17, 15) is 8.78 Å². The summed E-state index contributed by atoms with van der Waals surface area (Å²) in [7, 11) is 0. The van der Waals surface area contributed by atoms with Gasteiger partial charge in [0.25, 0.3) is 0 Å². The number of allylic oxidation sites excluding steroid dienone is 1. The number of hydrogen-bond acceptors (Lipinski definition) is 5. The third-order valence-corrected chi connectivity index (χ3v) is 3.96. The molecule has 1 aromatic rings. The molecule has 0 spiro atoms. The first-order chi connectivity index (χ1) is 10.6. The predicted molar refractivity (Wildman–Crippen MR) is 80.4 cm³/mol. The highest BCUT2D eigenvalue weighted by atomic mass is 19.3. The number of aromatic nitrogens is 1. The zero-order valence-electron chi connectivity index (χ0n) is 12.1. The Bertz CT molecular complexity index is 578. The second-order valence-corrected chi connectivity index (χ2v) is 5.45. The van der Waals surface area contributed by atoms with Gasteiger partial charge in [0.05, 0.1) is 12.7 Å². The predicted octanol–water partition coefficient (Wildman–Crippen LogP) is 2.20. The van der Waals surface area contributed by atoms with Crippen LogP contribution in [0.3, 0.4) is 0 Å². The van der Waals surface area contributed by atoms with E-state index in [2.05, 4.69) is 19.6 Å². The van der Waals surface area contributed by atoms with Crippen molar-refractivity contribution in [2.45, 2.75) is 19.5 Å². The molecule has 0 aliphatic carbocycles. The van der Waals surface area contributed by atoms with Crippen LogP contribution < -0.4 is 15.4 Å². The molecule has 0 atom stereocenters. The monoisotopic (exact) mass is 308 g/mol. The number of nitrogens with two attached hydrogens (primary N) is 1. The van der Waals surface area contributed by atoms with E-state index >= 15 is 0 Å². The fraction of sp³-hybridized carbons (Fsp3) is 0.467. The number of rotatable bonds is 4. The number of nitrogens with zero attached hydrogens (tertiary/aromatic N) is 3. The Hall–Kier alpha value is -2.18. The molecule has 118 valence electrons. The summed E-state index contributed by atoms with van der Waals surface area (Å²) in [6.45, 7) is -0.488. The number of piperidine rings is 1. The number of pyridine rings is 1. The average Bonchev–Trinajstić information content (AvgIpc) is 2.94. The summed E-state index contributed by atoms with van der Waals surface area (Å²) in [5.74, 6) is 1.30. The number of halogens is 2. The lowest BCUT2D eigenvalue weighted by Crippen LogP contribution is -2.36. The van der Waals surface area contributed by atoms with Crippen molar-refractivity contribution < 1.29 is 13.5 Å². The van der Waals surface area contributed by atoms with Gasteiger partial charge in [-0.15, -0.1) is 0 Å². The molecule has 7 heteroatoms. The molecule has 1 aromatic heterocycles. The summed E-state index contributed by atoms with van der Waals surface area (Å²) < 4.78 is 28.5. The lowest BCUT2D eigenvalue weighted by atomic mass is 9.92. The maximum Gasteiger partial charge on any atom is 0.387 e. The zero-order valence-corrected chi connectivity index (χ0v) is 12.1. The van der Waals surface area contributed by atoms with Gasteiger partial charge in [0.1, 0.15) is 11.6 Å². The molecule has 1 saturated heterocycles. The minimum Gasteiger partial charge on any atom is -0.433 e. The molecule has 2 aliphatic heterocycles. The van der Waals surface area contributed by atoms with Crippen LogP contribution in [0.4, 0.5) is 14.6 Å². The van der Waals surface area contributed by atoms with E-state index in [0.29, 0.717) is 12.5 Å². The summed E-state index contributed by atoms with van der Waals surface area (Å²) in [4.78, 5) is 10.8. The summed E-state index contributed by atoms with van der Waals surface area (Å²) in [5.41, 5.74) is 7.69. The Morgan fingerprint density at radius 2 is 2.05 bits per heavy atom. The van der Waals surface area contributed by atoms with Gasteiger partial charge in [-0.3, -0.25) is 4.99 Å². The maximum absolute atomic E-state index is 12.1. The molecule has 0 amide bonds. The molecule has 1 fully saturated rings. The third-order valence-electron chi connectivity index (χ3n) is 3.96. The van der Waals surface area contributed by atoms with E-state index in [1.165, 1.54) is 12.3 Å². The first-order valence-corrected chi connectivity index (χ1v) is 7.28. The van der Waals surface area contributed by atoms with Crippen molar-refractivity contribution in [3.8, 4) is 5.75 Å². The van der Waals surface area contributed by atoms with Crippen molar-refractivity contribution in [1.29, 1.82) is 0 Å². The molecule has 0 bridgehead atoms. The second-order valence-electron chi connectivity index (χ2n) is 5.45. The van der Waals surface area contributed by atoms with E-state index in [-0.39, 0.29) is 5.75 Å². The Kier molecular flexibility index (Phi) is 4.22. The van der Waals surface area contributed by atoms with Gasteiger partial charge in [0.2, 0.25) is 0 Å². The molecular formula is C15H18F2N4O. The van der Waals surface area contributed by atoms with Gasteiger partial charge in [-0.25, -0.2) is 4.98 Å². The maximum atomic E-state index is 12.1. The zero-order chi connectivity index (χ0) is 15.5. The fourth-order valence-corrected chi connectivity index (χ4v) is 2.85. The first kappa shape index (κ1) is 14.7. The van der Waals surface area contributed by atoms with Crippen LogP contribution in [0, 0.1) is 5.92 Å². The van der Waals surface area contributed by atoms with Crippen molar-refractivity contribution in [1.82, 2.24) is 4.98 Å². The molecule has 2 N–H and O–H groups in total. The number of alkyl halides is 2. The minimum absolute atomic E-state index is 0.0783. The van der Waals surface area contributed by atoms with Crippen molar-refractivity contribution in [2.24, 2.45) is 16.6 Å². The normalized spacial score (nSPS) is 19.3. The molecule has 0 radical (unpaired) electrons. The molecule has 22 heavy (non-hydrogen) atoms. The fourth-order valence-electron chi connectivity index (χ4n) is 2.85. The minimum atomic E-state index is -2.82. The quantitative estimate of drug-likeness (QED) is 0.926. The lowest BCUT2D eigenvalue weighted by Gasteiger charge is -2.32. The van der Waals surface area contributed by atoms with Crippen LogP contribution in [-0.4, -0.2) is 36.9 Å². The van der Waals surface area contributed by atoms with Crippen LogP contribution in [0.25, 0.3) is 0 Å². The highest BCUT2D eigenvalue weighted by molar-refractivity contribution is 5.99. The first-order valence-electron chi connectivity index (χ1n) is 7.28. The van der Waals surface area contributed by atoms with Gasteiger partial charge in [-0.1, -0.05) is 0 Å². The van der Waals surface area contributed by atoms with Gasteiger partial charge >= 0.3 is 6.61 Å². The number of ether oxygens (including phenoxy) is 1. The Morgan fingerprint density at radius 3 is 2.59 bits per heavy atom. The van der Waals surface area contributed by atoms with Gasteiger partial charge in [-0.2, -0.15) is 8.78 Å². The highest BCUT2D eigenvalue weighted by Gasteiger charge is 2.24. The van der Waals surface area contributed by atoms with E-state index in [1.807, 2.05) is 6.08 Å². The van der Waals surface area contributed by atoms with Crippen molar-refractivity contribution >= 4 is 11.5 Å². The van der Waals surface area contributed by atoms with E-state index < -0.39 is 6.61 Å². The average molecular weight is 308 g/mol. The molecule has 0 saturated carbocycles. The van der Waals surface area contributed by atoms with Gasteiger partial charge in [-0.05, 0) is 31.1 Å². The molecule has 3 rings (SSSR count). The van der Waals surface area contributed by atoms with Crippen LogP contribution in [0.1, 0.15) is 12.8 Å². The number of anilines is 1. The summed E-state index contributed by atoms with van der Waals surface area (Å²) in [6, 6.07) is 3.23. The van der Waals surface area contributed by atoms with Crippen molar-refractivity contribution in [2.75, 3.05) is 24.5 Å². The Balaban J connectivity index is 1.57. The van der Waals surface area contributed by atoms with Crippen LogP contribution in [-0.2, 0) is 0 Å². The summed E-state index contributed by atoms with van der Waals surface area (Å²) in [5, 5.41) is 0. The van der Waals surface area contributed by atoms with Crippen LogP contribution in [0.5, 0.6) is 5.75 Å². The highest BCUT2D eigenvalue weighted by Crippen LogP contribution is 2.26. The summed E-state index contributed by atoms with van der Waals surface area (Å²) in [6.07, 6.45) is 5.28. The van der Waals surface area contributed by atoms with Crippen molar-refractivity contribution in [3.63, 3.8) is 0 Å². The van der Waals surface area contributed by atoms with Gasteiger partial charge in [0, 0.05) is 30.4 Å². The SMILES string of the molecule is NC1=CC(C2CCN(c3ccc(OC(F)F)cn3)CC2)=NC1. The van der Waals surface area contributed by atoms with Crippen LogP contribution >= 0.6 is 0 Å². The smallest absolute Gasteiger partial charge is 0.387 e. The van der Waals surface area contributed by atoms with Crippen molar-refractivity contribution in [3.05, 3.63) is 30.1 Å². The molecule has 3 heterocycles. The topological polar surface area (TPSA) is 63.7 Å². The van der Waals surface area contributed by atoms with Crippen LogP contribution in [0.15, 0.2) is 35.1 Å². The van der Waals surface area contributed by atoms with E-state index in [0.717, 1.165) is 43.2 Å². The molecule has 0 unspecified atom stereocenters. The number of hydrogen-bond donors (Lipinski definition) is 1. The third kappa shape index (κ3) is 3.35. The standard InChI is InChI=1S/C15H18F2N4O/c16-15(17)22-12-1-2-14(20-9-12)21-5-3-10(4-6-21)13-7-11(18)8-19-13/h1-2,7,9-10,15H,3-6,8,18H2. The molecule has 5 nitrogen and oxygen atoms in total. The second kappa shape index (κ2) is 6.29. The van der Waals surface area contributed by atoms with Crippen LogP contribution in [0.2, 0.25) is 0 Å². The van der Waals surface area contributed by atoms with E-state index in [4.69, 9.17) is 5.73 Å². The van der Waals surface area contributed by atoms with Gasteiger partial charge in [0.15, 0.2) is 0 Å². The lowest BCUT2D eigenvalue weighted by molar-refractivity contribution is -0.0500. The molecule has 0 aromatic carbocycles.